The summed E-state index contributed by atoms with van der Waals surface area (Å²) < 4.78 is 6.41. The molecule has 0 amide bonds. The summed E-state index contributed by atoms with van der Waals surface area (Å²) in [6.45, 7) is 1.76. The van der Waals surface area contributed by atoms with Crippen LogP contribution in [0.25, 0.3) is 0 Å². The number of carbonyl (C=O) groups is 1. The number of nitrogens with zero attached hydrogens (tertiary/aromatic N) is 4. The quantitative estimate of drug-likeness (QED) is 0.652. The Bertz CT molecular complexity index is 377. The zero-order chi connectivity index (χ0) is 11.5. The molecule has 6 nitrogen and oxygen atoms in total. The molecule has 0 saturated carbocycles. The number of likely N-dealkylation sites (tertiary alicyclic amines) is 1. The zero-order valence-electron chi connectivity index (χ0n) is 9.59. The largest absolute Gasteiger partial charge is 0.468 e. The summed E-state index contributed by atoms with van der Waals surface area (Å²) in [6.07, 6.45) is 3.35. The van der Waals surface area contributed by atoms with Crippen molar-refractivity contribution in [3.8, 4) is 0 Å². The first-order valence-corrected chi connectivity index (χ1v) is 5.37. The van der Waals surface area contributed by atoms with Gasteiger partial charge in [0.15, 0.2) is 5.82 Å². The second-order valence-corrected chi connectivity index (χ2v) is 3.95. The molecule has 1 fully saturated rings. The number of hydrogen-bond donors (Lipinski definition) is 0. The van der Waals surface area contributed by atoms with E-state index in [-0.39, 0.29) is 12.0 Å². The van der Waals surface area contributed by atoms with Crippen molar-refractivity contribution in [2.45, 2.75) is 18.9 Å². The highest BCUT2D eigenvalue weighted by molar-refractivity contribution is 5.76. The molecule has 1 atom stereocenters. The van der Waals surface area contributed by atoms with Gasteiger partial charge in [0.05, 0.1) is 7.11 Å². The Hall–Kier alpha value is -1.43. The Kier molecular flexibility index (Phi) is 3.19. The van der Waals surface area contributed by atoms with Crippen molar-refractivity contribution in [3.63, 3.8) is 0 Å². The maximum Gasteiger partial charge on any atom is 0.323 e. The third-order valence-corrected chi connectivity index (χ3v) is 2.87. The topological polar surface area (TPSA) is 60.2 Å². The van der Waals surface area contributed by atoms with Crippen LogP contribution in [0.5, 0.6) is 0 Å². The third kappa shape index (κ3) is 2.21. The second-order valence-electron chi connectivity index (χ2n) is 3.95. The van der Waals surface area contributed by atoms with Crippen LogP contribution in [-0.4, -0.2) is 51.9 Å². The fraction of sp³-hybridized carbons (Fsp3) is 0.700. The van der Waals surface area contributed by atoms with Crippen molar-refractivity contribution < 1.29 is 9.53 Å². The lowest BCUT2D eigenvalue weighted by molar-refractivity contribution is -0.151. The van der Waals surface area contributed by atoms with Crippen molar-refractivity contribution in [2.24, 2.45) is 7.05 Å². The van der Waals surface area contributed by atoms with E-state index in [1.54, 1.807) is 11.0 Å². The minimum atomic E-state index is -0.139. The van der Waals surface area contributed by atoms with Crippen LogP contribution >= 0.6 is 0 Å². The Morgan fingerprint density at radius 2 is 2.50 bits per heavy atom. The van der Waals surface area contributed by atoms with Crippen LogP contribution in [0.4, 0.5) is 0 Å². The number of aromatic nitrogens is 3. The van der Waals surface area contributed by atoms with Gasteiger partial charge < -0.3 is 4.74 Å². The van der Waals surface area contributed by atoms with Gasteiger partial charge in [-0.05, 0) is 6.42 Å². The SMILES string of the molecule is COC(=O)C1CCN1CCc1ncn(C)n1. The van der Waals surface area contributed by atoms with E-state index in [1.165, 1.54) is 7.11 Å². The molecular formula is C10H16N4O2. The summed E-state index contributed by atoms with van der Waals surface area (Å²) in [4.78, 5) is 17.6. The van der Waals surface area contributed by atoms with Gasteiger partial charge in [0, 0.05) is 26.6 Å². The highest BCUT2D eigenvalue weighted by Crippen LogP contribution is 2.18. The van der Waals surface area contributed by atoms with Gasteiger partial charge >= 0.3 is 5.97 Å². The minimum absolute atomic E-state index is 0.0614. The van der Waals surface area contributed by atoms with Gasteiger partial charge in [0.1, 0.15) is 12.4 Å². The van der Waals surface area contributed by atoms with Gasteiger partial charge in [0.25, 0.3) is 0 Å². The van der Waals surface area contributed by atoms with Crippen LogP contribution in [0, 0.1) is 0 Å². The molecule has 0 N–H and O–H groups in total. The van der Waals surface area contributed by atoms with Crippen molar-refractivity contribution in [2.75, 3.05) is 20.2 Å². The molecular weight excluding hydrogens is 208 g/mol. The van der Waals surface area contributed by atoms with Crippen LogP contribution in [-0.2, 0) is 23.0 Å². The average molecular weight is 224 g/mol. The first-order chi connectivity index (χ1) is 7.70. The number of carbonyl (C=O) groups excluding carboxylic acids is 1. The molecule has 0 spiro atoms. The first kappa shape index (κ1) is 11.1. The van der Waals surface area contributed by atoms with Gasteiger partial charge in [-0.1, -0.05) is 0 Å². The van der Waals surface area contributed by atoms with Gasteiger partial charge in [-0.2, -0.15) is 5.10 Å². The summed E-state index contributed by atoms with van der Waals surface area (Å²) in [5, 5.41) is 4.19. The summed E-state index contributed by atoms with van der Waals surface area (Å²) in [5.74, 6) is 0.679. The summed E-state index contributed by atoms with van der Waals surface area (Å²) in [5.41, 5.74) is 0. The molecule has 1 saturated heterocycles. The van der Waals surface area contributed by atoms with E-state index in [4.69, 9.17) is 4.74 Å². The fourth-order valence-electron chi connectivity index (χ4n) is 1.85. The standard InChI is InChI=1S/C10H16N4O2/c1-13-7-11-9(12-13)4-6-14-5-3-8(14)10(15)16-2/h7-8H,3-6H2,1-2H3. The molecule has 6 heteroatoms. The van der Waals surface area contributed by atoms with E-state index in [0.29, 0.717) is 0 Å². The van der Waals surface area contributed by atoms with E-state index in [1.807, 2.05) is 7.05 Å². The molecule has 0 radical (unpaired) electrons. The summed E-state index contributed by atoms with van der Waals surface area (Å²) in [6, 6.07) is -0.0614. The normalized spacial score (nSPS) is 20.5. The van der Waals surface area contributed by atoms with Gasteiger partial charge in [0.2, 0.25) is 0 Å². The predicted octanol–water partition coefficient (Wildman–Crippen LogP) is -0.395. The number of methoxy groups -OCH3 is 1. The second kappa shape index (κ2) is 4.61. The van der Waals surface area contributed by atoms with Crippen LogP contribution in [0.1, 0.15) is 12.2 Å². The molecule has 0 bridgehead atoms. The third-order valence-electron chi connectivity index (χ3n) is 2.87. The Balaban J connectivity index is 1.80. The molecule has 2 heterocycles. The lowest BCUT2D eigenvalue weighted by atomic mass is 10.0. The molecule has 1 aliphatic heterocycles. The summed E-state index contributed by atoms with van der Waals surface area (Å²) in [7, 11) is 3.27. The molecule has 16 heavy (non-hydrogen) atoms. The highest BCUT2D eigenvalue weighted by Gasteiger charge is 2.34. The number of rotatable bonds is 4. The smallest absolute Gasteiger partial charge is 0.323 e. The fourth-order valence-corrected chi connectivity index (χ4v) is 1.85. The molecule has 1 unspecified atom stereocenters. The number of aryl methyl sites for hydroxylation is 1. The van der Waals surface area contributed by atoms with E-state index in [0.717, 1.165) is 31.8 Å². The average Bonchev–Trinajstić information content (AvgIpc) is 2.62. The van der Waals surface area contributed by atoms with E-state index in [2.05, 4.69) is 15.0 Å². The van der Waals surface area contributed by atoms with Crippen LogP contribution in [0.2, 0.25) is 0 Å². The Morgan fingerprint density at radius 1 is 1.69 bits per heavy atom. The van der Waals surface area contributed by atoms with Gasteiger partial charge in [-0.25, -0.2) is 4.98 Å². The van der Waals surface area contributed by atoms with Crippen molar-refractivity contribution in [3.05, 3.63) is 12.2 Å². The monoisotopic (exact) mass is 224 g/mol. The van der Waals surface area contributed by atoms with E-state index < -0.39 is 0 Å². The molecule has 0 aliphatic carbocycles. The number of hydrogen-bond acceptors (Lipinski definition) is 5. The molecule has 1 aliphatic rings. The number of ether oxygens (including phenoxy) is 1. The lowest BCUT2D eigenvalue weighted by Gasteiger charge is -2.38. The van der Waals surface area contributed by atoms with Crippen LogP contribution in [0.3, 0.4) is 0 Å². The maximum atomic E-state index is 11.3. The van der Waals surface area contributed by atoms with Crippen molar-refractivity contribution >= 4 is 5.97 Å². The lowest BCUT2D eigenvalue weighted by Crippen LogP contribution is -2.53. The predicted molar refractivity (Wildman–Crippen MR) is 56.7 cm³/mol. The molecule has 1 aromatic rings. The van der Waals surface area contributed by atoms with Crippen LogP contribution in [0.15, 0.2) is 6.33 Å². The number of esters is 1. The van der Waals surface area contributed by atoms with Crippen molar-refractivity contribution in [1.29, 1.82) is 0 Å². The van der Waals surface area contributed by atoms with Gasteiger partial charge in [-0.15, -0.1) is 0 Å². The Labute approximate surface area is 94.2 Å². The van der Waals surface area contributed by atoms with Gasteiger partial charge in [-0.3, -0.25) is 14.4 Å². The first-order valence-electron chi connectivity index (χ1n) is 5.37. The summed E-state index contributed by atoms with van der Waals surface area (Å²) >= 11 is 0. The molecule has 0 aromatic carbocycles. The highest BCUT2D eigenvalue weighted by atomic mass is 16.5. The maximum absolute atomic E-state index is 11.3. The minimum Gasteiger partial charge on any atom is -0.468 e. The molecule has 88 valence electrons. The Morgan fingerprint density at radius 3 is 3.00 bits per heavy atom. The van der Waals surface area contributed by atoms with Crippen molar-refractivity contribution in [1.82, 2.24) is 19.7 Å². The van der Waals surface area contributed by atoms with Crippen LogP contribution < -0.4 is 0 Å². The molecule has 1 aromatic heterocycles. The zero-order valence-corrected chi connectivity index (χ0v) is 9.59. The van der Waals surface area contributed by atoms with E-state index >= 15 is 0 Å². The van der Waals surface area contributed by atoms with E-state index in [9.17, 15) is 4.79 Å². The molecule has 2 rings (SSSR count).